The minimum absolute atomic E-state index is 0.130. The first-order valence-corrected chi connectivity index (χ1v) is 11.6. The van der Waals surface area contributed by atoms with Crippen molar-refractivity contribution in [3.8, 4) is 0 Å². The molecule has 1 aliphatic carbocycles. The Balaban J connectivity index is 1.61. The number of nitrogens with two attached hydrogens (primary N) is 1. The van der Waals surface area contributed by atoms with Crippen LogP contribution in [0.4, 0.5) is 0 Å². The molecule has 0 saturated heterocycles. The third kappa shape index (κ3) is 3.44. The summed E-state index contributed by atoms with van der Waals surface area (Å²) >= 11 is 3.14. The van der Waals surface area contributed by atoms with E-state index in [1.54, 1.807) is 11.3 Å². The highest BCUT2D eigenvalue weighted by Crippen LogP contribution is 2.52. The highest BCUT2D eigenvalue weighted by Gasteiger charge is 2.43. The van der Waals surface area contributed by atoms with Crippen LogP contribution >= 0.6 is 23.1 Å². The number of allylic oxidation sites excluding steroid dienone is 3. The molecule has 2 aromatic carbocycles. The fourth-order valence-electron chi connectivity index (χ4n) is 4.21. The highest BCUT2D eigenvalue weighted by molar-refractivity contribution is 8.04. The Labute approximate surface area is 183 Å². The minimum Gasteiger partial charge on any atom is -0.445 e. The van der Waals surface area contributed by atoms with Gasteiger partial charge in [0.2, 0.25) is 5.88 Å². The molecule has 3 aromatic rings. The van der Waals surface area contributed by atoms with Crippen LogP contribution < -0.4 is 5.73 Å². The summed E-state index contributed by atoms with van der Waals surface area (Å²) in [5.74, 6) is 1.01. The molecule has 2 heterocycles. The molecule has 0 spiro atoms. The molecule has 0 radical (unpaired) electrons. The lowest BCUT2D eigenvalue weighted by Crippen LogP contribution is -2.33. The zero-order valence-corrected chi connectivity index (χ0v) is 18.5. The third-order valence-electron chi connectivity index (χ3n) is 5.51. The van der Waals surface area contributed by atoms with Crippen molar-refractivity contribution in [3.63, 3.8) is 0 Å². The van der Waals surface area contributed by atoms with E-state index in [1.807, 2.05) is 36.4 Å². The van der Waals surface area contributed by atoms with Gasteiger partial charge in [-0.25, -0.2) is 4.98 Å². The van der Waals surface area contributed by atoms with Crippen LogP contribution in [-0.2, 0) is 9.53 Å². The molecule has 0 saturated carbocycles. The topological polar surface area (TPSA) is 65.2 Å². The quantitative estimate of drug-likeness (QED) is 0.550. The molecule has 1 atom stereocenters. The van der Waals surface area contributed by atoms with Crippen molar-refractivity contribution in [2.24, 2.45) is 11.1 Å². The Morgan fingerprint density at radius 1 is 1.10 bits per heavy atom. The summed E-state index contributed by atoms with van der Waals surface area (Å²) in [4.78, 5) is 18.8. The molecule has 0 bridgehead atoms. The van der Waals surface area contributed by atoms with Crippen molar-refractivity contribution in [2.45, 2.75) is 36.9 Å². The molecule has 6 heteroatoms. The smallest absolute Gasteiger partial charge is 0.201 e. The zero-order valence-electron chi connectivity index (χ0n) is 16.8. The number of thiazole rings is 1. The largest absolute Gasteiger partial charge is 0.445 e. The number of fused-ring (bicyclic) bond motifs is 1. The van der Waals surface area contributed by atoms with Gasteiger partial charge in [0, 0.05) is 18.4 Å². The van der Waals surface area contributed by atoms with Crippen molar-refractivity contribution in [1.82, 2.24) is 4.98 Å². The minimum atomic E-state index is -0.226. The van der Waals surface area contributed by atoms with Gasteiger partial charge in [0.25, 0.3) is 0 Å². The predicted octanol–water partition coefficient (Wildman–Crippen LogP) is 5.97. The Kier molecular flexibility index (Phi) is 4.71. The molecule has 4 nitrogen and oxygen atoms in total. The van der Waals surface area contributed by atoms with Gasteiger partial charge in [-0.05, 0) is 23.1 Å². The van der Waals surface area contributed by atoms with Crippen LogP contribution in [0.2, 0.25) is 0 Å². The summed E-state index contributed by atoms with van der Waals surface area (Å²) in [6, 6.07) is 18.2. The fraction of sp³-hybridized carbons (Fsp3) is 0.250. The Hall–Kier alpha value is -2.57. The molecule has 2 N–H and O–H groups in total. The van der Waals surface area contributed by atoms with Gasteiger partial charge in [-0.15, -0.1) is 11.3 Å². The molecular formula is C24H22N2O2S2. The summed E-state index contributed by atoms with van der Waals surface area (Å²) < 4.78 is 8.10. The number of benzene rings is 2. The summed E-state index contributed by atoms with van der Waals surface area (Å²) in [5.41, 5.74) is 9.09. The Morgan fingerprint density at radius 2 is 1.83 bits per heavy atom. The molecule has 1 unspecified atom stereocenters. The third-order valence-corrected chi connectivity index (χ3v) is 7.76. The number of ketones is 1. The monoisotopic (exact) mass is 434 g/mol. The Bertz CT molecular complexity index is 1180. The van der Waals surface area contributed by atoms with E-state index in [1.165, 1.54) is 11.8 Å². The van der Waals surface area contributed by atoms with Gasteiger partial charge >= 0.3 is 0 Å². The number of Topliss-reactive ketones (excluding diaryl/α,β-unsaturated/α-hetero) is 1. The second-order valence-corrected chi connectivity index (χ2v) is 10.8. The molecule has 5 rings (SSSR count). The number of para-hydroxylation sites is 1. The van der Waals surface area contributed by atoms with Crippen LogP contribution in [0.5, 0.6) is 0 Å². The molecule has 30 heavy (non-hydrogen) atoms. The first kappa shape index (κ1) is 19.4. The standard InChI is InChI=1S/C24H22N2O2S2/c1-24(2)12-16(27)20-17(13-24)28-22(25)21(19(20)14-8-4-3-5-9-14)30-23-26-15-10-6-7-11-18(15)29-23/h3-11,19H,12-13,25H2,1-2H3. The molecule has 0 fully saturated rings. The number of hydrogen-bond donors (Lipinski definition) is 1. The van der Waals surface area contributed by atoms with Gasteiger partial charge in [-0.3, -0.25) is 4.79 Å². The average Bonchev–Trinajstić information content (AvgIpc) is 3.11. The maximum Gasteiger partial charge on any atom is 0.201 e. The first-order valence-electron chi connectivity index (χ1n) is 9.93. The van der Waals surface area contributed by atoms with E-state index in [0.717, 1.165) is 36.4 Å². The van der Waals surface area contributed by atoms with E-state index in [0.29, 0.717) is 18.7 Å². The van der Waals surface area contributed by atoms with Gasteiger partial charge in [-0.1, -0.05) is 68.1 Å². The lowest BCUT2D eigenvalue weighted by molar-refractivity contribution is -0.119. The van der Waals surface area contributed by atoms with E-state index in [-0.39, 0.29) is 17.1 Å². The average molecular weight is 435 g/mol. The van der Waals surface area contributed by atoms with E-state index >= 15 is 0 Å². The predicted molar refractivity (Wildman–Crippen MR) is 122 cm³/mol. The van der Waals surface area contributed by atoms with Gasteiger partial charge in [0.05, 0.1) is 21.0 Å². The van der Waals surface area contributed by atoms with Crippen LogP contribution in [0.15, 0.2) is 81.1 Å². The van der Waals surface area contributed by atoms with Crippen molar-refractivity contribution >= 4 is 39.1 Å². The van der Waals surface area contributed by atoms with Crippen LogP contribution in [0.1, 0.15) is 38.2 Å². The van der Waals surface area contributed by atoms with Crippen LogP contribution in [0.25, 0.3) is 10.2 Å². The van der Waals surface area contributed by atoms with Crippen molar-refractivity contribution < 1.29 is 9.53 Å². The normalized spacial score (nSPS) is 21.0. The number of hydrogen-bond acceptors (Lipinski definition) is 6. The van der Waals surface area contributed by atoms with Crippen LogP contribution in [0, 0.1) is 5.41 Å². The maximum atomic E-state index is 13.2. The summed E-state index contributed by atoms with van der Waals surface area (Å²) in [6.07, 6.45) is 1.22. The summed E-state index contributed by atoms with van der Waals surface area (Å²) in [5, 5.41) is 0. The lowest BCUT2D eigenvalue weighted by atomic mass is 9.72. The number of nitrogens with zero attached hydrogens (tertiary/aromatic N) is 1. The van der Waals surface area contributed by atoms with Gasteiger partial charge in [0.15, 0.2) is 10.1 Å². The number of rotatable bonds is 3. The van der Waals surface area contributed by atoms with E-state index in [9.17, 15) is 4.79 Å². The van der Waals surface area contributed by atoms with Crippen LogP contribution in [-0.4, -0.2) is 10.8 Å². The zero-order chi connectivity index (χ0) is 20.9. The second kappa shape index (κ2) is 7.29. The molecule has 1 aliphatic heterocycles. The maximum absolute atomic E-state index is 13.2. The molecule has 152 valence electrons. The molecular weight excluding hydrogens is 412 g/mol. The lowest BCUT2D eigenvalue weighted by Gasteiger charge is -2.38. The highest BCUT2D eigenvalue weighted by atomic mass is 32.2. The van der Waals surface area contributed by atoms with Gasteiger partial charge < -0.3 is 10.5 Å². The SMILES string of the molecule is CC1(C)CC(=O)C2=C(C1)OC(N)=C(Sc1nc3ccccc3s1)C2c1ccccc1. The first-order chi connectivity index (χ1) is 14.4. The fourth-order valence-corrected chi connectivity index (χ4v) is 6.46. The number of ether oxygens (including phenoxy) is 1. The van der Waals surface area contributed by atoms with E-state index in [4.69, 9.17) is 15.5 Å². The van der Waals surface area contributed by atoms with Gasteiger partial charge in [0.1, 0.15) is 5.76 Å². The number of aromatic nitrogens is 1. The molecule has 0 amide bonds. The van der Waals surface area contributed by atoms with Crippen molar-refractivity contribution in [1.29, 1.82) is 0 Å². The molecule has 1 aromatic heterocycles. The molecule has 2 aliphatic rings. The van der Waals surface area contributed by atoms with E-state index in [2.05, 4.69) is 32.0 Å². The summed E-state index contributed by atoms with van der Waals surface area (Å²) in [6.45, 7) is 4.20. The second-order valence-electron chi connectivity index (χ2n) is 8.50. The number of carbonyl (C=O) groups excluding carboxylic acids is 1. The Morgan fingerprint density at radius 3 is 2.60 bits per heavy atom. The number of thioether (sulfide) groups is 1. The number of carbonyl (C=O) groups is 1. The summed E-state index contributed by atoms with van der Waals surface area (Å²) in [7, 11) is 0. The van der Waals surface area contributed by atoms with Gasteiger partial charge in [-0.2, -0.15) is 0 Å². The van der Waals surface area contributed by atoms with Crippen LogP contribution in [0.3, 0.4) is 0 Å². The van der Waals surface area contributed by atoms with Crippen molar-refractivity contribution in [2.75, 3.05) is 0 Å². The van der Waals surface area contributed by atoms with E-state index < -0.39 is 0 Å². The van der Waals surface area contributed by atoms with Crippen molar-refractivity contribution in [3.05, 3.63) is 82.3 Å².